The van der Waals surface area contributed by atoms with E-state index in [1.807, 2.05) is 67.4 Å². The van der Waals surface area contributed by atoms with Gasteiger partial charge in [-0.25, -0.2) is 0 Å². The van der Waals surface area contributed by atoms with Crippen LogP contribution in [0.3, 0.4) is 0 Å². The van der Waals surface area contributed by atoms with Crippen molar-refractivity contribution in [2.75, 3.05) is 50.2 Å². The SMILES string of the molecule is C=CCOc1ccc(CN(C)[C@H](C)C(=O)Nc2ccc(N3CCOCC3)cc2)cc1. The van der Waals surface area contributed by atoms with Crippen molar-refractivity contribution < 1.29 is 14.3 Å². The van der Waals surface area contributed by atoms with Crippen LogP contribution in [0.15, 0.2) is 61.2 Å². The van der Waals surface area contributed by atoms with Crippen molar-refractivity contribution in [1.29, 1.82) is 0 Å². The van der Waals surface area contributed by atoms with Gasteiger partial charge in [-0.2, -0.15) is 0 Å². The molecule has 3 rings (SSSR count). The first-order valence-corrected chi connectivity index (χ1v) is 10.3. The second-order valence-corrected chi connectivity index (χ2v) is 7.47. The summed E-state index contributed by atoms with van der Waals surface area (Å²) < 4.78 is 10.9. The molecule has 2 aromatic carbocycles. The quantitative estimate of drug-likeness (QED) is 0.642. The summed E-state index contributed by atoms with van der Waals surface area (Å²) in [6, 6.07) is 15.7. The number of hydrogen-bond acceptors (Lipinski definition) is 5. The number of rotatable bonds is 9. The maximum atomic E-state index is 12.7. The van der Waals surface area contributed by atoms with E-state index in [1.54, 1.807) is 6.08 Å². The van der Waals surface area contributed by atoms with E-state index in [2.05, 4.69) is 16.8 Å². The molecule has 1 aliphatic rings. The van der Waals surface area contributed by atoms with Gasteiger partial charge in [0.1, 0.15) is 12.4 Å². The lowest BCUT2D eigenvalue weighted by atomic mass is 10.1. The van der Waals surface area contributed by atoms with Gasteiger partial charge in [-0.1, -0.05) is 24.8 Å². The van der Waals surface area contributed by atoms with E-state index in [0.717, 1.165) is 49.0 Å². The van der Waals surface area contributed by atoms with Gasteiger partial charge in [0.15, 0.2) is 0 Å². The smallest absolute Gasteiger partial charge is 0.241 e. The summed E-state index contributed by atoms with van der Waals surface area (Å²) in [4.78, 5) is 17.0. The molecule has 1 fully saturated rings. The van der Waals surface area contributed by atoms with Crippen LogP contribution >= 0.6 is 0 Å². The van der Waals surface area contributed by atoms with Crippen LogP contribution in [0.2, 0.25) is 0 Å². The van der Waals surface area contributed by atoms with Crippen LogP contribution in [0.4, 0.5) is 11.4 Å². The second kappa shape index (κ2) is 10.8. The highest BCUT2D eigenvalue weighted by Crippen LogP contribution is 2.20. The summed E-state index contributed by atoms with van der Waals surface area (Å²) in [6.45, 7) is 10.0. The van der Waals surface area contributed by atoms with E-state index in [1.165, 1.54) is 0 Å². The lowest BCUT2D eigenvalue weighted by molar-refractivity contribution is -0.120. The number of ether oxygens (including phenoxy) is 2. The van der Waals surface area contributed by atoms with Crippen LogP contribution in [0.1, 0.15) is 12.5 Å². The Morgan fingerprint density at radius 2 is 1.87 bits per heavy atom. The topological polar surface area (TPSA) is 54.0 Å². The molecule has 0 unspecified atom stereocenters. The molecule has 6 nitrogen and oxygen atoms in total. The minimum Gasteiger partial charge on any atom is -0.490 e. The molecule has 1 aliphatic heterocycles. The first kappa shape index (κ1) is 21.9. The number of carbonyl (C=O) groups is 1. The van der Waals surface area contributed by atoms with Gasteiger partial charge in [-0.15, -0.1) is 0 Å². The van der Waals surface area contributed by atoms with Crippen molar-refractivity contribution in [3.63, 3.8) is 0 Å². The molecule has 0 saturated carbocycles. The molecule has 6 heteroatoms. The number of nitrogens with one attached hydrogen (secondary N) is 1. The Morgan fingerprint density at radius 3 is 2.50 bits per heavy atom. The number of carbonyl (C=O) groups excluding carboxylic acids is 1. The van der Waals surface area contributed by atoms with Crippen molar-refractivity contribution in [2.45, 2.75) is 19.5 Å². The lowest BCUT2D eigenvalue weighted by Crippen LogP contribution is -2.39. The van der Waals surface area contributed by atoms with Gasteiger partial charge in [0.2, 0.25) is 5.91 Å². The summed E-state index contributed by atoms with van der Waals surface area (Å²) in [5, 5.41) is 3.02. The molecule has 2 aromatic rings. The van der Waals surface area contributed by atoms with Crippen LogP contribution in [0.5, 0.6) is 5.75 Å². The predicted octanol–water partition coefficient (Wildman–Crippen LogP) is 3.55. The van der Waals surface area contributed by atoms with Crippen LogP contribution < -0.4 is 15.0 Å². The van der Waals surface area contributed by atoms with Gasteiger partial charge in [0.05, 0.1) is 19.3 Å². The highest BCUT2D eigenvalue weighted by molar-refractivity contribution is 5.94. The number of benzene rings is 2. The molecule has 160 valence electrons. The molecule has 30 heavy (non-hydrogen) atoms. The lowest BCUT2D eigenvalue weighted by Gasteiger charge is -2.29. The van der Waals surface area contributed by atoms with Crippen molar-refractivity contribution >= 4 is 17.3 Å². The fraction of sp³-hybridized carbons (Fsp3) is 0.375. The molecular weight excluding hydrogens is 378 g/mol. The number of amides is 1. The third kappa shape index (κ3) is 6.08. The normalized spacial score (nSPS) is 15.0. The summed E-state index contributed by atoms with van der Waals surface area (Å²) in [5.41, 5.74) is 3.08. The number of anilines is 2. The largest absolute Gasteiger partial charge is 0.490 e. The summed E-state index contributed by atoms with van der Waals surface area (Å²) in [5.74, 6) is 0.787. The minimum absolute atomic E-state index is 0.0254. The Kier molecular flexibility index (Phi) is 7.88. The van der Waals surface area contributed by atoms with E-state index in [4.69, 9.17) is 9.47 Å². The Hall–Kier alpha value is -2.83. The van der Waals surface area contributed by atoms with Gasteiger partial charge < -0.3 is 19.7 Å². The second-order valence-electron chi connectivity index (χ2n) is 7.47. The Balaban J connectivity index is 1.51. The molecule has 0 aliphatic carbocycles. The zero-order chi connectivity index (χ0) is 21.3. The molecule has 1 amide bonds. The average molecular weight is 410 g/mol. The van der Waals surface area contributed by atoms with Gasteiger partial charge in [0, 0.05) is 31.0 Å². The molecule has 0 radical (unpaired) electrons. The van der Waals surface area contributed by atoms with Gasteiger partial charge in [0.25, 0.3) is 0 Å². The van der Waals surface area contributed by atoms with Gasteiger partial charge in [-0.3, -0.25) is 9.69 Å². The van der Waals surface area contributed by atoms with Gasteiger partial charge in [-0.05, 0) is 55.9 Å². The Morgan fingerprint density at radius 1 is 1.20 bits per heavy atom. The number of morpholine rings is 1. The highest BCUT2D eigenvalue weighted by atomic mass is 16.5. The molecule has 0 spiro atoms. The monoisotopic (exact) mass is 409 g/mol. The first-order chi connectivity index (χ1) is 14.6. The third-order valence-corrected chi connectivity index (χ3v) is 5.27. The van der Waals surface area contributed by atoms with Crippen LogP contribution in [0.25, 0.3) is 0 Å². The van der Waals surface area contributed by atoms with E-state index < -0.39 is 0 Å². The Bertz CT molecular complexity index is 815. The number of nitrogens with zero attached hydrogens (tertiary/aromatic N) is 2. The summed E-state index contributed by atoms with van der Waals surface area (Å²) >= 11 is 0. The van der Waals surface area contributed by atoms with E-state index in [9.17, 15) is 4.79 Å². The minimum atomic E-state index is -0.263. The summed E-state index contributed by atoms with van der Waals surface area (Å²) in [7, 11) is 1.95. The maximum absolute atomic E-state index is 12.7. The zero-order valence-corrected chi connectivity index (χ0v) is 17.8. The molecule has 0 bridgehead atoms. The maximum Gasteiger partial charge on any atom is 0.241 e. The van der Waals surface area contributed by atoms with Crippen LogP contribution in [-0.4, -0.2) is 56.8 Å². The molecule has 0 aromatic heterocycles. The molecule has 1 saturated heterocycles. The molecule has 1 heterocycles. The fourth-order valence-electron chi connectivity index (χ4n) is 3.30. The highest BCUT2D eigenvalue weighted by Gasteiger charge is 2.19. The van der Waals surface area contributed by atoms with E-state index in [0.29, 0.717) is 13.2 Å². The third-order valence-electron chi connectivity index (χ3n) is 5.27. The molecule has 1 atom stereocenters. The van der Waals surface area contributed by atoms with Crippen molar-refractivity contribution in [3.05, 3.63) is 66.7 Å². The average Bonchev–Trinajstić information content (AvgIpc) is 2.79. The number of likely N-dealkylation sites (N-methyl/N-ethyl adjacent to an activating group) is 1. The standard InChI is InChI=1S/C24H31N3O3/c1-4-15-30-23-11-5-20(6-12-23)18-26(3)19(2)24(28)25-21-7-9-22(10-8-21)27-13-16-29-17-14-27/h4-12,19H,1,13-18H2,2-3H3,(H,25,28)/t19-/m1/s1. The molecular formula is C24H31N3O3. The van der Waals surface area contributed by atoms with Crippen molar-refractivity contribution in [1.82, 2.24) is 4.90 Å². The van der Waals surface area contributed by atoms with Crippen LogP contribution in [0, 0.1) is 0 Å². The zero-order valence-electron chi connectivity index (χ0n) is 17.8. The fourth-order valence-corrected chi connectivity index (χ4v) is 3.30. The summed E-state index contributed by atoms with van der Waals surface area (Å²) in [6.07, 6.45) is 1.72. The van der Waals surface area contributed by atoms with Crippen LogP contribution in [-0.2, 0) is 16.1 Å². The molecule has 1 N–H and O–H groups in total. The van der Waals surface area contributed by atoms with Crippen molar-refractivity contribution in [2.24, 2.45) is 0 Å². The number of hydrogen-bond donors (Lipinski definition) is 1. The van der Waals surface area contributed by atoms with E-state index in [-0.39, 0.29) is 11.9 Å². The first-order valence-electron chi connectivity index (χ1n) is 10.3. The van der Waals surface area contributed by atoms with Gasteiger partial charge >= 0.3 is 0 Å². The van der Waals surface area contributed by atoms with E-state index >= 15 is 0 Å². The van der Waals surface area contributed by atoms with Crippen molar-refractivity contribution in [3.8, 4) is 5.75 Å². The predicted molar refractivity (Wildman–Crippen MR) is 121 cm³/mol. The Labute approximate surface area is 179 Å².